The molecule has 0 bridgehead atoms. The van der Waals surface area contributed by atoms with Crippen molar-refractivity contribution in [1.82, 2.24) is 15.3 Å². The van der Waals surface area contributed by atoms with Crippen LogP contribution in [0.3, 0.4) is 0 Å². The van der Waals surface area contributed by atoms with Crippen LogP contribution in [0.5, 0.6) is 0 Å². The van der Waals surface area contributed by atoms with Crippen LogP contribution in [0.4, 0.5) is 5.69 Å². The van der Waals surface area contributed by atoms with Crippen LogP contribution in [0.15, 0.2) is 48.5 Å². The highest BCUT2D eigenvalue weighted by atomic mass is 16.6. The van der Waals surface area contributed by atoms with Gasteiger partial charge in [-0.25, -0.2) is 4.98 Å². The summed E-state index contributed by atoms with van der Waals surface area (Å²) < 4.78 is 0. The molecule has 0 saturated carbocycles. The molecule has 0 saturated heterocycles. The van der Waals surface area contributed by atoms with Gasteiger partial charge < -0.3 is 10.3 Å². The second kappa shape index (κ2) is 5.88. The van der Waals surface area contributed by atoms with Crippen LogP contribution in [0.25, 0.3) is 11.0 Å². The molecule has 2 aromatic carbocycles. The van der Waals surface area contributed by atoms with E-state index in [2.05, 4.69) is 15.3 Å². The zero-order valence-corrected chi connectivity index (χ0v) is 12.3. The first-order valence-electron chi connectivity index (χ1n) is 7.00. The Morgan fingerprint density at radius 3 is 2.65 bits per heavy atom. The summed E-state index contributed by atoms with van der Waals surface area (Å²) in [7, 11) is 0. The van der Waals surface area contributed by atoms with E-state index in [1.807, 2.05) is 30.3 Å². The molecular formula is C16H14N4O3. The lowest BCUT2D eigenvalue weighted by Crippen LogP contribution is -2.27. The number of aromatic nitrogens is 2. The lowest BCUT2D eigenvalue weighted by molar-refractivity contribution is -0.384. The van der Waals surface area contributed by atoms with Crippen LogP contribution in [-0.4, -0.2) is 20.8 Å². The number of H-pyrrole nitrogens is 1. The number of aromatic amines is 1. The van der Waals surface area contributed by atoms with Crippen molar-refractivity contribution in [3.63, 3.8) is 0 Å². The molecule has 1 atom stereocenters. The zero-order valence-electron chi connectivity index (χ0n) is 12.3. The van der Waals surface area contributed by atoms with Gasteiger partial charge in [0.2, 0.25) is 5.91 Å². The SMILES string of the molecule is CC(=O)NC(c1ccccc1)c1nc2ccc([N+](=O)[O-])cc2[nH]1. The number of nitro benzene ring substituents is 1. The van der Waals surface area contributed by atoms with E-state index in [1.165, 1.54) is 19.1 Å². The van der Waals surface area contributed by atoms with Gasteiger partial charge in [0.15, 0.2) is 0 Å². The summed E-state index contributed by atoms with van der Waals surface area (Å²) in [5.74, 6) is 0.340. The van der Waals surface area contributed by atoms with Crippen LogP contribution in [0.2, 0.25) is 0 Å². The number of nitro groups is 1. The molecule has 0 spiro atoms. The van der Waals surface area contributed by atoms with E-state index in [4.69, 9.17) is 0 Å². The van der Waals surface area contributed by atoms with Crippen LogP contribution >= 0.6 is 0 Å². The fourth-order valence-electron chi connectivity index (χ4n) is 2.43. The molecule has 1 heterocycles. The third-order valence-corrected chi connectivity index (χ3v) is 3.45. The summed E-state index contributed by atoms with van der Waals surface area (Å²) in [6.07, 6.45) is 0. The highest BCUT2D eigenvalue weighted by molar-refractivity contribution is 5.78. The van der Waals surface area contributed by atoms with Crippen LogP contribution < -0.4 is 5.32 Å². The van der Waals surface area contributed by atoms with E-state index < -0.39 is 11.0 Å². The third kappa shape index (κ3) is 3.03. The Labute approximate surface area is 131 Å². The fourth-order valence-corrected chi connectivity index (χ4v) is 2.43. The summed E-state index contributed by atoms with van der Waals surface area (Å²) in [4.78, 5) is 29.4. The molecule has 0 radical (unpaired) electrons. The third-order valence-electron chi connectivity index (χ3n) is 3.45. The Morgan fingerprint density at radius 2 is 2.00 bits per heavy atom. The molecule has 1 amide bonds. The van der Waals surface area contributed by atoms with Gasteiger partial charge in [0.05, 0.1) is 16.0 Å². The average molecular weight is 310 g/mol. The van der Waals surface area contributed by atoms with Crippen LogP contribution in [0, 0.1) is 10.1 Å². The largest absolute Gasteiger partial charge is 0.342 e. The number of non-ortho nitro benzene ring substituents is 1. The summed E-state index contributed by atoms with van der Waals surface area (Å²) in [5.41, 5.74) is 2.03. The van der Waals surface area contributed by atoms with Crippen molar-refractivity contribution in [3.05, 3.63) is 70.0 Å². The van der Waals surface area contributed by atoms with Crippen molar-refractivity contribution in [3.8, 4) is 0 Å². The van der Waals surface area contributed by atoms with Gasteiger partial charge in [0.1, 0.15) is 11.9 Å². The first-order chi connectivity index (χ1) is 11.0. The standard InChI is InChI=1S/C16H14N4O3/c1-10(21)17-15(11-5-3-2-4-6-11)16-18-13-8-7-12(20(22)23)9-14(13)19-16/h2-9,15H,1H3,(H,17,21)(H,18,19). The number of hydrogen-bond donors (Lipinski definition) is 2. The first kappa shape index (κ1) is 14.7. The average Bonchev–Trinajstić information content (AvgIpc) is 2.95. The van der Waals surface area contributed by atoms with E-state index in [1.54, 1.807) is 6.07 Å². The van der Waals surface area contributed by atoms with Gasteiger partial charge in [-0.15, -0.1) is 0 Å². The highest BCUT2D eigenvalue weighted by Crippen LogP contribution is 2.24. The van der Waals surface area contributed by atoms with Crippen LogP contribution in [-0.2, 0) is 4.79 Å². The molecule has 7 nitrogen and oxygen atoms in total. The molecule has 116 valence electrons. The Hall–Kier alpha value is -3.22. The van der Waals surface area contributed by atoms with Crippen molar-refractivity contribution < 1.29 is 9.72 Å². The molecule has 0 aliphatic rings. The van der Waals surface area contributed by atoms with Gasteiger partial charge in [-0.05, 0) is 11.6 Å². The Bertz CT molecular complexity index is 873. The molecule has 3 aromatic rings. The number of amides is 1. The number of carbonyl (C=O) groups is 1. The zero-order chi connectivity index (χ0) is 16.4. The predicted octanol–water partition coefficient (Wildman–Crippen LogP) is 2.70. The molecule has 2 N–H and O–H groups in total. The number of fused-ring (bicyclic) bond motifs is 1. The van der Waals surface area contributed by atoms with Gasteiger partial charge in [-0.2, -0.15) is 0 Å². The Balaban J connectivity index is 2.07. The van der Waals surface area contributed by atoms with E-state index in [9.17, 15) is 14.9 Å². The molecular weight excluding hydrogens is 296 g/mol. The highest BCUT2D eigenvalue weighted by Gasteiger charge is 2.19. The van der Waals surface area contributed by atoms with Crippen molar-refractivity contribution in [2.24, 2.45) is 0 Å². The molecule has 1 aromatic heterocycles. The lowest BCUT2D eigenvalue weighted by Gasteiger charge is -2.15. The molecule has 0 aliphatic carbocycles. The molecule has 7 heteroatoms. The number of nitrogens with one attached hydrogen (secondary N) is 2. The monoisotopic (exact) mass is 310 g/mol. The summed E-state index contributed by atoms with van der Waals surface area (Å²) in [6, 6.07) is 13.4. The topological polar surface area (TPSA) is 101 Å². The van der Waals surface area contributed by atoms with Crippen molar-refractivity contribution in [2.45, 2.75) is 13.0 Å². The number of rotatable bonds is 4. The van der Waals surface area contributed by atoms with E-state index >= 15 is 0 Å². The number of benzene rings is 2. The molecule has 0 aliphatic heterocycles. The first-order valence-corrected chi connectivity index (χ1v) is 7.00. The van der Waals surface area contributed by atoms with Crippen molar-refractivity contribution in [2.75, 3.05) is 0 Å². The molecule has 23 heavy (non-hydrogen) atoms. The minimum absolute atomic E-state index is 0.0107. The number of nitrogens with zero attached hydrogens (tertiary/aromatic N) is 2. The smallest absolute Gasteiger partial charge is 0.271 e. The minimum atomic E-state index is -0.456. The second-order valence-electron chi connectivity index (χ2n) is 5.12. The van der Waals surface area contributed by atoms with Crippen molar-refractivity contribution in [1.29, 1.82) is 0 Å². The maximum Gasteiger partial charge on any atom is 0.271 e. The van der Waals surface area contributed by atoms with Gasteiger partial charge in [-0.3, -0.25) is 14.9 Å². The number of carbonyl (C=O) groups excluding carboxylic acids is 1. The molecule has 0 fully saturated rings. The summed E-state index contributed by atoms with van der Waals surface area (Å²) >= 11 is 0. The van der Waals surface area contributed by atoms with Gasteiger partial charge in [0, 0.05) is 19.1 Å². The second-order valence-corrected chi connectivity index (χ2v) is 5.12. The maximum atomic E-state index is 11.5. The molecule has 1 unspecified atom stereocenters. The molecule has 3 rings (SSSR count). The lowest BCUT2D eigenvalue weighted by atomic mass is 10.1. The normalized spacial score (nSPS) is 12.0. The minimum Gasteiger partial charge on any atom is -0.342 e. The summed E-state index contributed by atoms with van der Waals surface area (Å²) in [6.45, 7) is 1.43. The maximum absolute atomic E-state index is 11.5. The Morgan fingerprint density at radius 1 is 1.26 bits per heavy atom. The predicted molar refractivity (Wildman–Crippen MR) is 84.8 cm³/mol. The van der Waals surface area contributed by atoms with Gasteiger partial charge in [-0.1, -0.05) is 30.3 Å². The van der Waals surface area contributed by atoms with Crippen molar-refractivity contribution >= 4 is 22.6 Å². The number of imidazole rings is 1. The van der Waals surface area contributed by atoms with Crippen LogP contribution in [0.1, 0.15) is 24.4 Å². The Kier molecular flexibility index (Phi) is 3.76. The van der Waals surface area contributed by atoms with E-state index in [0.717, 1.165) is 5.56 Å². The number of hydrogen-bond acceptors (Lipinski definition) is 4. The van der Waals surface area contributed by atoms with E-state index in [0.29, 0.717) is 16.9 Å². The van der Waals surface area contributed by atoms with Gasteiger partial charge >= 0.3 is 0 Å². The quantitative estimate of drug-likeness (QED) is 0.571. The fraction of sp³-hybridized carbons (Fsp3) is 0.125. The summed E-state index contributed by atoms with van der Waals surface area (Å²) in [5, 5.41) is 13.7. The van der Waals surface area contributed by atoms with Gasteiger partial charge in [0.25, 0.3) is 5.69 Å². The van der Waals surface area contributed by atoms with E-state index in [-0.39, 0.29) is 11.6 Å².